The van der Waals surface area contributed by atoms with E-state index in [2.05, 4.69) is 32.5 Å². The first kappa shape index (κ1) is 13.7. The second kappa shape index (κ2) is 7.04. The molecular weight excluding hydrogens is 258 g/mol. The van der Waals surface area contributed by atoms with E-state index in [1.807, 2.05) is 19.4 Å². The Morgan fingerprint density at radius 1 is 1.11 bits per heavy atom. The average Bonchev–Trinajstić information content (AvgIpc) is 2.92. The molecule has 2 rings (SSSR count). The Hall–Kier alpha value is -1.69. The lowest BCUT2D eigenvalue weighted by Gasteiger charge is -2.03. The number of aryl methyl sites for hydroxylation is 2. The van der Waals surface area contributed by atoms with E-state index in [0.29, 0.717) is 0 Å². The van der Waals surface area contributed by atoms with Crippen molar-refractivity contribution >= 4 is 22.3 Å². The molecule has 0 radical (unpaired) electrons. The smallest absolute Gasteiger partial charge is 0.182 e. The van der Waals surface area contributed by atoms with E-state index in [4.69, 9.17) is 0 Å². The summed E-state index contributed by atoms with van der Waals surface area (Å²) in [7, 11) is 1.89. The number of rotatable bonds is 7. The molecule has 0 saturated heterocycles. The first-order valence-corrected chi connectivity index (χ1v) is 7.30. The van der Waals surface area contributed by atoms with E-state index < -0.39 is 0 Å². The highest BCUT2D eigenvalue weighted by Crippen LogP contribution is 2.18. The van der Waals surface area contributed by atoms with Gasteiger partial charge in [-0.05, 0) is 19.3 Å². The highest BCUT2D eigenvalue weighted by Gasteiger charge is 2.02. The molecule has 0 fully saturated rings. The molecule has 2 aromatic rings. The van der Waals surface area contributed by atoms with Gasteiger partial charge in [-0.25, -0.2) is 9.97 Å². The Morgan fingerprint density at radius 3 is 2.63 bits per heavy atom. The van der Waals surface area contributed by atoms with Gasteiger partial charge in [0.15, 0.2) is 5.13 Å². The zero-order valence-electron chi connectivity index (χ0n) is 11.3. The topological polar surface area (TPSA) is 62.7 Å². The molecule has 5 nitrogen and oxygen atoms in total. The van der Waals surface area contributed by atoms with Gasteiger partial charge in [-0.3, -0.25) is 4.98 Å². The Kier molecular flexibility index (Phi) is 5.09. The Balaban J connectivity index is 1.85. The van der Waals surface area contributed by atoms with E-state index in [-0.39, 0.29) is 0 Å². The zero-order valence-corrected chi connectivity index (χ0v) is 12.1. The van der Waals surface area contributed by atoms with Crippen molar-refractivity contribution in [3.05, 3.63) is 29.2 Å². The normalized spacial score (nSPS) is 10.4. The molecule has 2 N–H and O–H groups in total. The summed E-state index contributed by atoms with van der Waals surface area (Å²) in [5, 5.41) is 7.22. The summed E-state index contributed by atoms with van der Waals surface area (Å²) in [6, 6.07) is 0. The van der Waals surface area contributed by atoms with E-state index in [9.17, 15) is 0 Å². The van der Waals surface area contributed by atoms with E-state index in [1.54, 1.807) is 17.5 Å². The Morgan fingerprint density at radius 2 is 2.00 bits per heavy atom. The van der Waals surface area contributed by atoms with Crippen LogP contribution in [-0.4, -0.2) is 28.5 Å². The van der Waals surface area contributed by atoms with Gasteiger partial charge in [-0.1, -0.05) is 6.92 Å². The molecule has 102 valence electrons. The SMILES string of the molecule is CCCNc1cnc(CCc2cnc(NC)s2)cn1. The van der Waals surface area contributed by atoms with Gasteiger partial charge in [0.1, 0.15) is 5.82 Å². The molecule has 2 aromatic heterocycles. The van der Waals surface area contributed by atoms with Crippen LogP contribution in [0, 0.1) is 0 Å². The monoisotopic (exact) mass is 277 g/mol. The fourth-order valence-corrected chi connectivity index (χ4v) is 2.38. The highest BCUT2D eigenvalue weighted by atomic mass is 32.1. The van der Waals surface area contributed by atoms with Gasteiger partial charge in [0, 0.05) is 24.7 Å². The van der Waals surface area contributed by atoms with E-state index in [1.165, 1.54) is 4.88 Å². The molecule has 0 amide bonds. The molecule has 6 heteroatoms. The van der Waals surface area contributed by atoms with Crippen LogP contribution in [0.15, 0.2) is 18.6 Å². The molecule has 19 heavy (non-hydrogen) atoms. The maximum absolute atomic E-state index is 4.42. The van der Waals surface area contributed by atoms with Crippen LogP contribution in [0.2, 0.25) is 0 Å². The molecule has 0 unspecified atom stereocenters. The molecular formula is C13H19N5S. The largest absolute Gasteiger partial charge is 0.369 e. The van der Waals surface area contributed by atoms with Crippen LogP contribution in [0.5, 0.6) is 0 Å². The molecule has 0 atom stereocenters. The standard InChI is InChI=1S/C13H19N5S/c1-3-6-15-12-9-16-10(7-17-12)4-5-11-8-18-13(14-2)19-11/h7-9H,3-6H2,1-2H3,(H,14,18)(H,15,17). The van der Waals surface area contributed by atoms with Crippen molar-refractivity contribution in [2.75, 3.05) is 24.2 Å². The fraction of sp³-hybridized carbons (Fsp3) is 0.462. The van der Waals surface area contributed by atoms with Crippen molar-refractivity contribution < 1.29 is 0 Å². The van der Waals surface area contributed by atoms with Crippen LogP contribution in [-0.2, 0) is 12.8 Å². The summed E-state index contributed by atoms with van der Waals surface area (Å²) < 4.78 is 0. The lowest BCUT2D eigenvalue weighted by Crippen LogP contribution is -2.03. The number of hydrogen-bond donors (Lipinski definition) is 2. The molecule has 0 spiro atoms. The molecule has 0 aliphatic rings. The molecule has 0 bridgehead atoms. The Labute approximate surface area is 117 Å². The van der Waals surface area contributed by atoms with Gasteiger partial charge >= 0.3 is 0 Å². The van der Waals surface area contributed by atoms with Crippen LogP contribution >= 0.6 is 11.3 Å². The quantitative estimate of drug-likeness (QED) is 0.814. The molecule has 0 aromatic carbocycles. The molecule has 2 heterocycles. The van der Waals surface area contributed by atoms with Crippen LogP contribution in [0.4, 0.5) is 10.9 Å². The van der Waals surface area contributed by atoms with Crippen LogP contribution in [0.1, 0.15) is 23.9 Å². The third kappa shape index (κ3) is 4.17. The first-order valence-electron chi connectivity index (χ1n) is 6.49. The number of nitrogens with one attached hydrogen (secondary N) is 2. The summed E-state index contributed by atoms with van der Waals surface area (Å²) in [5.41, 5.74) is 1.02. The van der Waals surface area contributed by atoms with Crippen molar-refractivity contribution in [3.63, 3.8) is 0 Å². The minimum Gasteiger partial charge on any atom is -0.369 e. The van der Waals surface area contributed by atoms with Gasteiger partial charge in [0.2, 0.25) is 0 Å². The number of nitrogens with zero attached hydrogens (tertiary/aromatic N) is 3. The van der Waals surface area contributed by atoms with Gasteiger partial charge < -0.3 is 10.6 Å². The average molecular weight is 277 g/mol. The van der Waals surface area contributed by atoms with Crippen molar-refractivity contribution in [2.45, 2.75) is 26.2 Å². The molecule has 0 aliphatic heterocycles. The third-order valence-electron chi connectivity index (χ3n) is 2.66. The summed E-state index contributed by atoms with van der Waals surface area (Å²) in [6.07, 6.45) is 8.50. The number of anilines is 2. The van der Waals surface area contributed by atoms with Gasteiger partial charge in [0.25, 0.3) is 0 Å². The highest BCUT2D eigenvalue weighted by molar-refractivity contribution is 7.15. The molecule has 0 aliphatic carbocycles. The minimum atomic E-state index is 0.848. The molecule has 0 saturated carbocycles. The minimum absolute atomic E-state index is 0.848. The lowest BCUT2D eigenvalue weighted by atomic mass is 10.2. The first-order chi connectivity index (χ1) is 9.31. The van der Waals surface area contributed by atoms with Gasteiger partial charge in [0.05, 0.1) is 18.1 Å². The van der Waals surface area contributed by atoms with E-state index >= 15 is 0 Å². The summed E-state index contributed by atoms with van der Waals surface area (Å²) >= 11 is 1.68. The second-order valence-electron chi connectivity index (χ2n) is 4.20. The maximum atomic E-state index is 4.42. The second-order valence-corrected chi connectivity index (χ2v) is 5.32. The summed E-state index contributed by atoms with van der Waals surface area (Å²) in [6.45, 7) is 3.06. The number of thiazole rings is 1. The predicted octanol–water partition coefficient (Wildman–Crippen LogP) is 2.58. The lowest BCUT2D eigenvalue weighted by molar-refractivity contribution is 0.902. The summed E-state index contributed by atoms with van der Waals surface area (Å²) in [5.74, 6) is 0.848. The number of hydrogen-bond acceptors (Lipinski definition) is 6. The third-order valence-corrected chi connectivity index (χ3v) is 3.73. The van der Waals surface area contributed by atoms with Crippen molar-refractivity contribution in [3.8, 4) is 0 Å². The van der Waals surface area contributed by atoms with Crippen molar-refractivity contribution in [1.82, 2.24) is 15.0 Å². The summed E-state index contributed by atoms with van der Waals surface area (Å²) in [4.78, 5) is 14.3. The van der Waals surface area contributed by atoms with Crippen LogP contribution in [0.3, 0.4) is 0 Å². The fourth-order valence-electron chi connectivity index (χ4n) is 1.62. The maximum Gasteiger partial charge on any atom is 0.182 e. The van der Waals surface area contributed by atoms with Gasteiger partial charge in [-0.15, -0.1) is 11.3 Å². The predicted molar refractivity (Wildman–Crippen MR) is 79.9 cm³/mol. The van der Waals surface area contributed by atoms with Crippen LogP contribution < -0.4 is 10.6 Å². The van der Waals surface area contributed by atoms with Crippen LogP contribution in [0.25, 0.3) is 0 Å². The Bertz CT molecular complexity index is 494. The van der Waals surface area contributed by atoms with Crippen molar-refractivity contribution in [2.24, 2.45) is 0 Å². The zero-order chi connectivity index (χ0) is 13.5. The number of aromatic nitrogens is 3. The van der Waals surface area contributed by atoms with Gasteiger partial charge in [-0.2, -0.15) is 0 Å². The van der Waals surface area contributed by atoms with E-state index in [0.717, 1.165) is 42.5 Å². The van der Waals surface area contributed by atoms with Crippen molar-refractivity contribution in [1.29, 1.82) is 0 Å².